The van der Waals surface area contributed by atoms with Crippen molar-refractivity contribution >= 4 is 11.6 Å². The molecule has 0 amide bonds. The number of nitrogens with zero attached hydrogens (tertiary/aromatic N) is 2. The minimum absolute atomic E-state index is 0.106. The van der Waals surface area contributed by atoms with Gasteiger partial charge < -0.3 is 13.9 Å². The standard InChI is InChI=1S/C21H15ClF3N3O3/c1-12-26-20(28-27-12)19-8-7-17(30-19)14-3-2-4-15(10-14)29-11-13-5-6-18(16(22)9-13)31-21(23,24)25/h2-10H,11H2,1H3,(H,26,27,28). The van der Waals surface area contributed by atoms with E-state index >= 15 is 0 Å². The molecule has 31 heavy (non-hydrogen) atoms. The molecule has 0 radical (unpaired) electrons. The maximum Gasteiger partial charge on any atom is 0.573 e. The number of alkyl halides is 3. The van der Waals surface area contributed by atoms with Crippen LogP contribution in [0.15, 0.2) is 59.0 Å². The largest absolute Gasteiger partial charge is 0.573 e. The number of H-pyrrole nitrogens is 1. The molecule has 0 spiro atoms. The van der Waals surface area contributed by atoms with Gasteiger partial charge in [-0.15, -0.1) is 13.2 Å². The van der Waals surface area contributed by atoms with Crippen LogP contribution in [0.2, 0.25) is 5.02 Å². The second kappa shape index (κ2) is 8.35. The van der Waals surface area contributed by atoms with Gasteiger partial charge >= 0.3 is 6.36 Å². The number of hydrogen-bond acceptors (Lipinski definition) is 5. The number of hydrogen-bond donors (Lipinski definition) is 1. The van der Waals surface area contributed by atoms with Crippen LogP contribution in [0.5, 0.6) is 11.5 Å². The van der Waals surface area contributed by atoms with E-state index in [2.05, 4.69) is 19.9 Å². The fourth-order valence-electron chi connectivity index (χ4n) is 2.81. The first-order valence-electron chi connectivity index (χ1n) is 9.03. The number of ether oxygens (including phenoxy) is 2. The van der Waals surface area contributed by atoms with E-state index < -0.39 is 12.1 Å². The molecule has 6 nitrogen and oxygen atoms in total. The van der Waals surface area contributed by atoms with E-state index in [0.29, 0.717) is 34.5 Å². The fraction of sp³-hybridized carbons (Fsp3) is 0.143. The Hall–Kier alpha value is -3.46. The molecule has 10 heteroatoms. The topological polar surface area (TPSA) is 73.2 Å². The molecule has 2 heterocycles. The van der Waals surface area contributed by atoms with Gasteiger partial charge in [0.2, 0.25) is 5.82 Å². The Balaban J connectivity index is 1.45. The molecule has 0 aliphatic rings. The van der Waals surface area contributed by atoms with Crippen molar-refractivity contribution in [1.29, 1.82) is 0 Å². The molecule has 0 saturated carbocycles. The minimum atomic E-state index is -4.81. The lowest BCUT2D eigenvalue weighted by Crippen LogP contribution is -2.17. The molecule has 0 aliphatic heterocycles. The number of aromatic nitrogens is 3. The number of halogens is 4. The summed E-state index contributed by atoms with van der Waals surface area (Å²) in [5, 5.41) is 6.68. The van der Waals surface area contributed by atoms with Crippen LogP contribution in [0.4, 0.5) is 13.2 Å². The first-order chi connectivity index (χ1) is 14.8. The number of aryl methyl sites for hydroxylation is 1. The summed E-state index contributed by atoms with van der Waals surface area (Å²) in [6.45, 7) is 1.90. The highest BCUT2D eigenvalue weighted by Crippen LogP contribution is 2.32. The average Bonchev–Trinajstić information content (AvgIpc) is 3.37. The van der Waals surface area contributed by atoms with Crippen molar-refractivity contribution in [2.75, 3.05) is 0 Å². The lowest BCUT2D eigenvalue weighted by Gasteiger charge is -2.12. The van der Waals surface area contributed by atoms with E-state index in [4.69, 9.17) is 20.8 Å². The van der Waals surface area contributed by atoms with Crippen molar-refractivity contribution in [3.05, 3.63) is 71.0 Å². The Bertz CT molecular complexity index is 1200. The molecule has 4 rings (SSSR count). The van der Waals surface area contributed by atoms with Crippen LogP contribution in [0.1, 0.15) is 11.4 Å². The predicted octanol–water partition coefficient (Wildman–Crippen LogP) is 6.17. The van der Waals surface area contributed by atoms with Gasteiger partial charge in [0, 0.05) is 5.56 Å². The van der Waals surface area contributed by atoms with Gasteiger partial charge in [-0.25, -0.2) is 4.98 Å². The average molecular weight is 450 g/mol. The number of aromatic amines is 1. The van der Waals surface area contributed by atoms with Crippen molar-refractivity contribution in [3.63, 3.8) is 0 Å². The lowest BCUT2D eigenvalue weighted by molar-refractivity contribution is -0.274. The Labute approximate surface area is 179 Å². The summed E-state index contributed by atoms with van der Waals surface area (Å²) in [7, 11) is 0. The molecule has 0 bridgehead atoms. The zero-order valence-electron chi connectivity index (χ0n) is 16.0. The smallest absolute Gasteiger partial charge is 0.489 e. The number of benzene rings is 2. The maximum absolute atomic E-state index is 12.3. The van der Waals surface area contributed by atoms with Crippen molar-refractivity contribution < 1.29 is 27.1 Å². The molecule has 160 valence electrons. The molecule has 0 fully saturated rings. The summed E-state index contributed by atoms with van der Waals surface area (Å²) in [6.07, 6.45) is -4.81. The van der Waals surface area contributed by atoms with Gasteiger partial charge in [-0.05, 0) is 48.9 Å². The highest BCUT2D eigenvalue weighted by Gasteiger charge is 2.32. The van der Waals surface area contributed by atoms with E-state index in [1.165, 1.54) is 12.1 Å². The fourth-order valence-corrected chi connectivity index (χ4v) is 3.06. The molecule has 0 saturated heterocycles. The Kier molecular flexibility index (Phi) is 5.60. The molecular formula is C21H15ClF3N3O3. The summed E-state index contributed by atoms with van der Waals surface area (Å²) < 4.78 is 52.5. The van der Waals surface area contributed by atoms with Gasteiger partial charge in [-0.1, -0.05) is 29.8 Å². The van der Waals surface area contributed by atoms with Crippen LogP contribution >= 0.6 is 11.6 Å². The second-order valence-electron chi connectivity index (χ2n) is 6.54. The van der Waals surface area contributed by atoms with Gasteiger partial charge in [-0.3, -0.25) is 5.10 Å². The molecule has 0 unspecified atom stereocenters. The maximum atomic E-state index is 12.3. The predicted molar refractivity (Wildman–Crippen MR) is 107 cm³/mol. The number of rotatable bonds is 6. The highest BCUT2D eigenvalue weighted by atomic mass is 35.5. The van der Waals surface area contributed by atoms with E-state index in [1.807, 2.05) is 6.07 Å². The van der Waals surface area contributed by atoms with Crippen LogP contribution in [0, 0.1) is 6.92 Å². The van der Waals surface area contributed by atoms with E-state index in [1.54, 1.807) is 37.3 Å². The molecule has 4 aromatic rings. The summed E-state index contributed by atoms with van der Waals surface area (Å²) in [5.74, 6) is 2.37. The van der Waals surface area contributed by atoms with Crippen molar-refractivity contribution in [1.82, 2.24) is 15.2 Å². The third-order valence-electron chi connectivity index (χ3n) is 4.17. The number of nitrogens with one attached hydrogen (secondary N) is 1. The van der Waals surface area contributed by atoms with Crippen molar-refractivity contribution in [2.45, 2.75) is 19.9 Å². The van der Waals surface area contributed by atoms with Crippen LogP contribution in [-0.2, 0) is 6.61 Å². The van der Waals surface area contributed by atoms with Crippen LogP contribution in [0.3, 0.4) is 0 Å². The van der Waals surface area contributed by atoms with Gasteiger partial charge in [0.05, 0.1) is 5.02 Å². The van der Waals surface area contributed by atoms with Gasteiger partial charge in [-0.2, -0.15) is 5.10 Å². The van der Waals surface area contributed by atoms with Gasteiger partial charge in [0.15, 0.2) is 5.76 Å². The monoisotopic (exact) mass is 449 g/mol. The quantitative estimate of drug-likeness (QED) is 0.381. The normalized spacial score (nSPS) is 11.5. The van der Waals surface area contributed by atoms with E-state index in [9.17, 15) is 13.2 Å². The molecule has 1 N–H and O–H groups in total. The van der Waals surface area contributed by atoms with Crippen LogP contribution in [-0.4, -0.2) is 21.5 Å². The van der Waals surface area contributed by atoms with Crippen LogP contribution in [0.25, 0.3) is 22.9 Å². The van der Waals surface area contributed by atoms with Crippen molar-refractivity contribution in [2.24, 2.45) is 0 Å². The van der Waals surface area contributed by atoms with Crippen LogP contribution < -0.4 is 9.47 Å². The Morgan fingerprint density at radius 1 is 1.06 bits per heavy atom. The van der Waals surface area contributed by atoms with Crippen molar-refractivity contribution in [3.8, 4) is 34.4 Å². The second-order valence-corrected chi connectivity index (χ2v) is 6.94. The first kappa shape index (κ1) is 20.8. The van der Waals surface area contributed by atoms with Gasteiger partial charge in [0.1, 0.15) is 29.7 Å². The van der Waals surface area contributed by atoms with E-state index in [0.717, 1.165) is 11.6 Å². The summed E-state index contributed by atoms with van der Waals surface area (Å²) >= 11 is 5.87. The summed E-state index contributed by atoms with van der Waals surface area (Å²) in [5.41, 5.74) is 1.37. The molecule has 2 aromatic carbocycles. The Morgan fingerprint density at radius 3 is 2.58 bits per heavy atom. The first-order valence-corrected chi connectivity index (χ1v) is 9.41. The molecule has 2 aromatic heterocycles. The molecule has 0 atom stereocenters. The minimum Gasteiger partial charge on any atom is -0.489 e. The summed E-state index contributed by atoms with van der Waals surface area (Å²) in [6, 6.07) is 14.8. The molecule has 0 aliphatic carbocycles. The third-order valence-corrected chi connectivity index (χ3v) is 4.46. The summed E-state index contributed by atoms with van der Waals surface area (Å²) in [4.78, 5) is 4.23. The zero-order chi connectivity index (χ0) is 22.0. The molecular weight excluding hydrogens is 435 g/mol. The lowest BCUT2D eigenvalue weighted by atomic mass is 10.1. The number of furan rings is 1. The van der Waals surface area contributed by atoms with E-state index in [-0.39, 0.29) is 11.6 Å². The Morgan fingerprint density at radius 2 is 1.87 bits per heavy atom. The van der Waals surface area contributed by atoms with Gasteiger partial charge in [0.25, 0.3) is 0 Å². The highest BCUT2D eigenvalue weighted by molar-refractivity contribution is 6.32. The SMILES string of the molecule is Cc1nc(-c2ccc(-c3cccc(OCc4ccc(OC(F)(F)F)c(Cl)c4)c3)o2)n[nH]1. The zero-order valence-corrected chi connectivity index (χ0v) is 16.8. The third kappa shape index (κ3) is 5.18.